The normalized spacial score (nSPS) is 26.6. The number of nitrogens with zero attached hydrogens (tertiary/aromatic N) is 3. The smallest absolute Gasteiger partial charge is 0.228 e. The molecule has 0 spiro atoms. The molecule has 2 unspecified atom stereocenters. The van der Waals surface area contributed by atoms with Gasteiger partial charge in [-0.3, -0.25) is 14.5 Å². The molecule has 3 saturated heterocycles. The third-order valence-corrected chi connectivity index (χ3v) is 5.99. The van der Waals surface area contributed by atoms with Gasteiger partial charge >= 0.3 is 0 Å². The van der Waals surface area contributed by atoms with Crippen LogP contribution in [0.4, 0.5) is 5.69 Å². The van der Waals surface area contributed by atoms with Gasteiger partial charge < -0.3 is 19.9 Å². The van der Waals surface area contributed by atoms with Crippen LogP contribution in [0.15, 0.2) is 24.3 Å². The highest BCUT2D eigenvalue weighted by Crippen LogP contribution is 2.33. The first-order valence-corrected chi connectivity index (χ1v) is 9.84. The Morgan fingerprint density at radius 2 is 1.93 bits per heavy atom. The topological polar surface area (TPSA) is 65.1 Å². The van der Waals surface area contributed by atoms with E-state index in [-0.39, 0.29) is 24.2 Å². The largest absolute Gasteiger partial charge is 0.495 e. The number of benzene rings is 1. The number of carbonyl (C=O) groups is 2. The lowest BCUT2D eigenvalue weighted by atomic mass is 10.1. The number of hydrogen-bond acceptors (Lipinski definition) is 5. The van der Waals surface area contributed by atoms with Crippen LogP contribution in [0.25, 0.3) is 0 Å². The summed E-state index contributed by atoms with van der Waals surface area (Å²) in [5.41, 5.74) is 0.750. The molecule has 3 aliphatic rings. The van der Waals surface area contributed by atoms with Gasteiger partial charge in [-0.15, -0.1) is 0 Å². The van der Waals surface area contributed by atoms with E-state index in [4.69, 9.17) is 4.74 Å². The molecule has 2 atom stereocenters. The van der Waals surface area contributed by atoms with E-state index >= 15 is 0 Å². The first-order chi connectivity index (χ1) is 13.2. The predicted octanol–water partition coefficient (Wildman–Crippen LogP) is 0.554. The lowest BCUT2D eigenvalue weighted by Crippen LogP contribution is -2.49. The van der Waals surface area contributed by atoms with Crippen LogP contribution in [0.5, 0.6) is 5.75 Å². The monoisotopic (exact) mass is 372 g/mol. The predicted molar refractivity (Wildman–Crippen MR) is 103 cm³/mol. The van der Waals surface area contributed by atoms with Crippen LogP contribution in [-0.4, -0.2) is 80.6 Å². The number of likely N-dealkylation sites (tertiary alicyclic amines) is 1. The standard InChI is InChI=1S/C20H28N4O3/c1-27-18-5-3-2-4-17(18)24-13-15(12-19(24)25)20(26)23-9-6-16(14-23)22-10-7-21-8-11-22/h2-5,15-16,21H,6-14H2,1H3. The Kier molecular flexibility index (Phi) is 5.31. The molecule has 3 aliphatic heterocycles. The fourth-order valence-electron chi connectivity index (χ4n) is 4.50. The third kappa shape index (κ3) is 3.66. The molecule has 27 heavy (non-hydrogen) atoms. The van der Waals surface area contributed by atoms with Crippen molar-refractivity contribution in [3.63, 3.8) is 0 Å². The highest BCUT2D eigenvalue weighted by molar-refractivity contribution is 6.01. The zero-order valence-electron chi connectivity index (χ0n) is 15.9. The molecule has 4 rings (SSSR count). The van der Waals surface area contributed by atoms with E-state index in [1.165, 1.54) is 0 Å². The number of piperazine rings is 1. The molecule has 3 fully saturated rings. The molecular formula is C20H28N4O3. The quantitative estimate of drug-likeness (QED) is 0.836. The van der Waals surface area contributed by atoms with Gasteiger partial charge in [-0.05, 0) is 18.6 Å². The Morgan fingerprint density at radius 3 is 2.70 bits per heavy atom. The zero-order valence-corrected chi connectivity index (χ0v) is 15.9. The van der Waals surface area contributed by atoms with Crippen LogP contribution in [0.3, 0.4) is 0 Å². The van der Waals surface area contributed by atoms with Gasteiger partial charge in [0.2, 0.25) is 11.8 Å². The van der Waals surface area contributed by atoms with Crippen LogP contribution < -0.4 is 15.0 Å². The average Bonchev–Trinajstić information content (AvgIpc) is 3.35. The van der Waals surface area contributed by atoms with Crippen molar-refractivity contribution in [2.24, 2.45) is 5.92 Å². The maximum atomic E-state index is 13.0. The molecule has 1 N–H and O–H groups in total. The van der Waals surface area contributed by atoms with E-state index in [1.807, 2.05) is 29.2 Å². The molecule has 0 radical (unpaired) electrons. The SMILES string of the molecule is COc1ccccc1N1CC(C(=O)N2CCC(N3CCNCC3)C2)CC1=O. The number of amides is 2. The van der Waals surface area contributed by atoms with Gasteiger partial charge in [0.25, 0.3) is 0 Å². The summed E-state index contributed by atoms with van der Waals surface area (Å²) in [6, 6.07) is 7.94. The molecule has 0 saturated carbocycles. The van der Waals surface area contributed by atoms with Gasteiger partial charge in [0.15, 0.2) is 0 Å². The van der Waals surface area contributed by atoms with E-state index in [9.17, 15) is 9.59 Å². The van der Waals surface area contributed by atoms with E-state index in [0.717, 1.165) is 51.4 Å². The third-order valence-electron chi connectivity index (χ3n) is 5.99. The highest BCUT2D eigenvalue weighted by atomic mass is 16.5. The number of hydrogen-bond donors (Lipinski definition) is 1. The van der Waals surface area contributed by atoms with Gasteiger partial charge in [-0.2, -0.15) is 0 Å². The van der Waals surface area contributed by atoms with Crippen molar-refractivity contribution in [3.8, 4) is 5.75 Å². The molecule has 146 valence electrons. The van der Waals surface area contributed by atoms with Crippen molar-refractivity contribution < 1.29 is 14.3 Å². The second kappa shape index (κ2) is 7.86. The fourth-order valence-corrected chi connectivity index (χ4v) is 4.50. The summed E-state index contributed by atoms with van der Waals surface area (Å²) in [7, 11) is 1.60. The lowest BCUT2D eigenvalue weighted by Gasteiger charge is -2.32. The van der Waals surface area contributed by atoms with Gasteiger partial charge in [-0.25, -0.2) is 0 Å². The Balaban J connectivity index is 1.39. The first kappa shape index (κ1) is 18.3. The zero-order chi connectivity index (χ0) is 18.8. The minimum atomic E-state index is -0.260. The van der Waals surface area contributed by atoms with Gasteiger partial charge in [0.05, 0.1) is 18.7 Å². The molecule has 7 heteroatoms. The van der Waals surface area contributed by atoms with Crippen LogP contribution in [0, 0.1) is 5.92 Å². The van der Waals surface area contributed by atoms with Crippen molar-refractivity contribution in [1.29, 1.82) is 0 Å². The summed E-state index contributed by atoms with van der Waals surface area (Å²) < 4.78 is 5.38. The van der Waals surface area contributed by atoms with Gasteiger partial charge in [0, 0.05) is 58.3 Å². The Morgan fingerprint density at radius 1 is 1.15 bits per heavy atom. The summed E-state index contributed by atoms with van der Waals surface area (Å²) in [6.07, 6.45) is 1.31. The van der Waals surface area contributed by atoms with Crippen LogP contribution in [0.2, 0.25) is 0 Å². The Labute approximate surface area is 160 Å². The number of ether oxygens (including phenoxy) is 1. The van der Waals surface area contributed by atoms with Gasteiger partial charge in [-0.1, -0.05) is 12.1 Å². The summed E-state index contributed by atoms with van der Waals surface area (Å²) >= 11 is 0. The molecule has 0 aromatic heterocycles. The number of nitrogens with one attached hydrogen (secondary N) is 1. The number of anilines is 1. The van der Waals surface area contributed by atoms with Crippen LogP contribution in [-0.2, 0) is 9.59 Å². The lowest BCUT2D eigenvalue weighted by molar-refractivity contribution is -0.135. The molecule has 2 amide bonds. The van der Waals surface area contributed by atoms with Crippen LogP contribution in [0.1, 0.15) is 12.8 Å². The number of carbonyl (C=O) groups excluding carboxylic acids is 2. The van der Waals surface area contributed by atoms with Crippen molar-refractivity contribution in [2.45, 2.75) is 18.9 Å². The minimum Gasteiger partial charge on any atom is -0.495 e. The summed E-state index contributed by atoms with van der Waals surface area (Å²) in [6.45, 7) is 6.18. The number of rotatable bonds is 4. The minimum absolute atomic E-state index is 0.00398. The second-order valence-electron chi connectivity index (χ2n) is 7.59. The molecule has 1 aromatic carbocycles. The summed E-state index contributed by atoms with van der Waals surface area (Å²) in [5.74, 6) is 0.525. The molecular weight excluding hydrogens is 344 g/mol. The average molecular weight is 372 g/mol. The van der Waals surface area contributed by atoms with E-state index in [1.54, 1.807) is 12.0 Å². The Bertz CT molecular complexity index is 704. The first-order valence-electron chi connectivity index (χ1n) is 9.84. The van der Waals surface area contributed by atoms with Gasteiger partial charge in [0.1, 0.15) is 5.75 Å². The Hall–Kier alpha value is -2.12. The van der Waals surface area contributed by atoms with E-state index < -0.39 is 0 Å². The van der Waals surface area contributed by atoms with Crippen molar-refractivity contribution in [2.75, 3.05) is 57.8 Å². The van der Waals surface area contributed by atoms with Crippen molar-refractivity contribution in [3.05, 3.63) is 24.3 Å². The molecule has 7 nitrogen and oxygen atoms in total. The fraction of sp³-hybridized carbons (Fsp3) is 0.600. The van der Waals surface area contributed by atoms with E-state index in [2.05, 4.69) is 10.2 Å². The summed E-state index contributed by atoms with van der Waals surface area (Å²) in [5, 5.41) is 3.38. The van der Waals surface area contributed by atoms with Crippen molar-refractivity contribution >= 4 is 17.5 Å². The maximum Gasteiger partial charge on any atom is 0.228 e. The second-order valence-corrected chi connectivity index (χ2v) is 7.59. The maximum absolute atomic E-state index is 13.0. The molecule has 0 bridgehead atoms. The highest BCUT2D eigenvalue weighted by Gasteiger charge is 2.40. The molecule has 3 heterocycles. The number of para-hydroxylation sites is 2. The van der Waals surface area contributed by atoms with Crippen LogP contribution >= 0.6 is 0 Å². The molecule has 1 aromatic rings. The number of methoxy groups -OCH3 is 1. The van der Waals surface area contributed by atoms with Crippen molar-refractivity contribution in [1.82, 2.24) is 15.1 Å². The molecule has 0 aliphatic carbocycles. The summed E-state index contributed by atoms with van der Waals surface area (Å²) in [4.78, 5) is 31.8. The van der Waals surface area contributed by atoms with E-state index in [0.29, 0.717) is 18.3 Å².